The average molecular weight is 323 g/mol. The molecular weight excluding hydrogens is 302 g/mol. The molecule has 0 aromatic carbocycles. The van der Waals surface area contributed by atoms with Gasteiger partial charge in [0.25, 0.3) is 0 Å². The summed E-state index contributed by atoms with van der Waals surface area (Å²) in [6.45, 7) is 2.52. The maximum atomic E-state index is 10.5. The molecule has 3 heterocycles. The Kier molecular flexibility index (Phi) is 4.58. The van der Waals surface area contributed by atoms with Crippen LogP contribution in [0.4, 0.5) is 5.69 Å². The first-order valence-electron chi connectivity index (χ1n) is 7.54. The number of fused-ring (bicyclic) bond motifs is 1. The molecule has 1 aliphatic rings. The Morgan fingerprint density at radius 1 is 1.36 bits per heavy atom. The zero-order valence-corrected chi connectivity index (χ0v) is 13.5. The van der Waals surface area contributed by atoms with Crippen molar-refractivity contribution in [2.75, 3.05) is 24.5 Å². The van der Waals surface area contributed by atoms with Gasteiger partial charge in [-0.3, -0.25) is 4.68 Å². The minimum absolute atomic E-state index is 0.547. The van der Waals surface area contributed by atoms with E-state index in [1.165, 1.54) is 5.69 Å². The van der Waals surface area contributed by atoms with Crippen LogP contribution in [-0.4, -0.2) is 42.8 Å². The fraction of sp³-hybridized carbons (Fsp3) is 0.571. The van der Waals surface area contributed by atoms with E-state index >= 15 is 0 Å². The molecule has 1 aliphatic heterocycles. The molecule has 0 spiro atoms. The van der Waals surface area contributed by atoms with Crippen LogP contribution in [0.5, 0.6) is 0 Å². The Balaban J connectivity index is 1.63. The fourth-order valence-electron chi connectivity index (χ4n) is 3.13. The third-order valence-electron chi connectivity index (χ3n) is 4.36. The molecule has 2 aromatic heterocycles. The number of piperidine rings is 1. The zero-order valence-electron chi connectivity index (χ0n) is 12.6. The Morgan fingerprint density at radius 3 is 2.86 bits per heavy atom. The molecule has 3 rings (SSSR count). The third kappa shape index (κ3) is 3.22. The van der Waals surface area contributed by atoms with Gasteiger partial charge in [0.2, 0.25) is 10.9 Å². The van der Waals surface area contributed by atoms with Gasteiger partial charge in [0.05, 0.1) is 17.3 Å². The van der Waals surface area contributed by atoms with E-state index in [1.54, 1.807) is 4.68 Å². The lowest BCUT2D eigenvalue weighted by molar-refractivity contribution is 0.382. The molecule has 0 unspecified atom stereocenters. The predicted octanol–water partition coefficient (Wildman–Crippen LogP) is 0.691. The van der Waals surface area contributed by atoms with Crippen molar-refractivity contribution in [3.05, 3.63) is 18.5 Å². The molecule has 0 aliphatic carbocycles. The maximum absolute atomic E-state index is 10.5. The molecule has 0 bridgehead atoms. The largest absolute Gasteiger partial charge is 0.371 e. The lowest BCUT2D eigenvalue weighted by Crippen LogP contribution is -2.34. The Bertz CT molecular complexity index is 711. The highest BCUT2D eigenvalue weighted by Gasteiger charge is 2.21. The van der Waals surface area contributed by atoms with Crippen molar-refractivity contribution in [1.82, 2.24) is 19.5 Å². The van der Waals surface area contributed by atoms with Crippen molar-refractivity contribution in [2.45, 2.75) is 19.3 Å². The van der Waals surface area contributed by atoms with Gasteiger partial charge in [-0.05, 0) is 31.2 Å². The summed E-state index contributed by atoms with van der Waals surface area (Å²) < 4.78 is 25.3. The summed E-state index contributed by atoms with van der Waals surface area (Å²) in [5, 5.41) is 5.38. The van der Waals surface area contributed by atoms with E-state index in [0.29, 0.717) is 12.5 Å². The van der Waals surface area contributed by atoms with Crippen molar-refractivity contribution in [1.29, 1.82) is 0 Å². The van der Waals surface area contributed by atoms with Crippen LogP contribution < -0.4 is 9.62 Å². The maximum Gasteiger partial charge on any atom is 0.201 e. The molecule has 0 radical (unpaired) electrons. The predicted molar refractivity (Wildman–Crippen MR) is 86.4 cm³/mol. The van der Waals surface area contributed by atoms with Gasteiger partial charge in [0.15, 0.2) is 5.65 Å². The summed E-state index contributed by atoms with van der Waals surface area (Å²) >= 11 is 0. The SMILES string of the molecule is Cn1ncc2c(N3CCC(CCN[SH](=O)=O)CC3)ccnc21. The minimum Gasteiger partial charge on any atom is -0.371 e. The molecular formula is C14H21N5O2S. The molecule has 1 N–H and O–H groups in total. The highest BCUT2D eigenvalue weighted by Crippen LogP contribution is 2.29. The standard InChI is InChI=1S/C14H21N5O2S/c1-18-14-12(10-16-18)13(3-6-15-14)19-8-4-11(5-9-19)2-7-17-22(20)21/h3,6,10-11,22H,2,4-5,7-9H2,1H3,(H,17,20,21). The van der Waals surface area contributed by atoms with Crippen molar-refractivity contribution in [3.8, 4) is 0 Å². The van der Waals surface area contributed by atoms with E-state index in [-0.39, 0.29) is 0 Å². The lowest BCUT2D eigenvalue weighted by Gasteiger charge is -2.33. The summed E-state index contributed by atoms with van der Waals surface area (Å²) in [7, 11) is -0.565. The van der Waals surface area contributed by atoms with Crippen LogP contribution in [0.2, 0.25) is 0 Å². The molecule has 1 saturated heterocycles. The Labute approximate surface area is 131 Å². The highest BCUT2D eigenvalue weighted by molar-refractivity contribution is 7.70. The molecule has 0 saturated carbocycles. The van der Waals surface area contributed by atoms with Crippen LogP contribution in [-0.2, 0) is 17.9 Å². The number of hydrogen-bond donors (Lipinski definition) is 2. The average Bonchev–Trinajstić information content (AvgIpc) is 2.89. The van der Waals surface area contributed by atoms with Gasteiger partial charge in [-0.1, -0.05) is 0 Å². The van der Waals surface area contributed by atoms with Crippen LogP contribution in [0.15, 0.2) is 18.5 Å². The van der Waals surface area contributed by atoms with E-state index in [2.05, 4.69) is 19.7 Å². The van der Waals surface area contributed by atoms with Crippen molar-refractivity contribution >= 4 is 27.6 Å². The number of aryl methyl sites for hydroxylation is 1. The smallest absolute Gasteiger partial charge is 0.201 e. The first kappa shape index (κ1) is 15.2. The number of pyridine rings is 1. The number of anilines is 1. The number of thiol groups is 1. The first-order valence-corrected chi connectivity index (χ1v) is 8.72. The van der Waals surface area contributed by atoms with Crippen molar-refractivity contribution in [2.24, 2.45) is 13.0 Å². The van der Waals surface area contributed by atoms with Crippen LogP contribution in [0, 0.1) is 5.92 Å². The molecule has 1 fully saturated rings. The van der Waals surface area contributed by atoms with Gasteiger partial charge < -0.3 is 4.90 Å². The molecule has 0 atom stereocenters. The minimum atomic E-state index is -2.47. The van der Waals surface area contributed by atoms with E-state index in [4.69, 9.17) is 0 Å². The van der Waals surface area contributed by atoms with E-state index in [0.717, 1.165) is 43.4 Å². The van der Waals surface area contributed by atoms with Gasteiger partial charge in [-0.2, -0.15) is 5.10 Å². The monoisotopic (exact) mass is 323 g/mol. The van der Waals surface area contributed by atoms with Gasteiger partial charge in [-0.25, -0.2) is 18.1 Å². The van der Waals surface area contributed by atoms with Crippen LogP contribution in [0.25, 0.3) is 11.0 Å². The van der Waals surface area contributed by atoms with Crippen LogP contribution in [0.1, 0.15) is 19.3 Å². The molecule has 120 valence electrons. The molecule has 8 heteroatoms. The highest BCUT2D eigenvalue weighted by atomic mass is 32.2. The zero-order chi connectivity index (χ0) is 15.5. The van der Waals surface area contributed by atoms with Gasteiger partial charge in [0, 0.05) is 32.9 Å². The number of nitrogens with zero attached hydrogens (tertiary/aromatic N) is 4. The van der Waals surface area contributed by atoms with Crippen molar-refractivity contribution < 1.29 is 8.42 Å². The first-order chi connectivity index (χ1) is 10.6. The second-order valence-corrected chi connectivity index (χ2v) is 6.55. The third-order valence-corrected chi connectivity index (χ3v) is 4.84. The van der Waals surface area contributed by atoms with Gasteiger partial charge >= 0.3 is 0 Å². The molecule has 2 aromatic rings. The van der Waals surface area contributed by atoms with Gasteiger partial charge in [0.1, 0.15) is 0 Å². The summed E-state index contributed by atoms with van der Waals surface area (Å²) in [6.07, 6.45) is 6.79. The van der Waals surface area contributed by atoms with Gasteiger partial charge in [-0.15, -0.1) is 0 Å². The van der Waals surface area contributed by atoms with Crippen LogP contribution >= 0.6 is 0 Å². The quantitative estimate of drug-likeness (QED) is 0.792. The van der Waals surface area contributed by atoms with E-state index < -0.39 is 10.9 Å². The number of rotatable bonds is 5. The Hall–Kier alpha value is -1.67. The number of hydrogen-bond acceptors (Lipinski definition) is 5. The van der Waals surface area contributed by atoms with Crippen molar-refractivity contribution in [3.63, 3.8) is 0 Å². The number of aromatic nitrogens is 3. The van der Waals surface area contributed by atoms with E-state index in [1.807, 2.05) is 25.5 Å². The topological polar surface area (TPSA) is 80.1 Å². The fourth-order valence-corrected chi connectivity index (χ4v) is 3.44. The summed E-state index contributed by atoms with van der Waals surface area (Å²) in [5.41, 5.74) is 2.10. The summed E-state index contributed by atoms with van der Waals surface area (Å²) in [4.78, 5) is 6.76. The summed E-state index contributed by atoms with van der Waals surface area (Å²) in [5.74, 6) is 0.588. The number of nitrogens with one attached hydrogen (secondary N) is 1. The second-order valence-electron chi connectivity index (χ2n) is 5.72. The van der Waals surface area contributed by atoms with E-state index in [9.17, 15) is 8.42 Å². The Morgan fingerprint density at radius 2 is 2.14 bits per heavy atom. The normalized spacial score (nSPS) is 16.7. The van der Waals surface area contributed by atoms with Crippen LogP contribution in [0.3, 0.4) is 0 Å². The molecule has 22 heavy (non-hydrogen) atoms. The second kappa shape index (κ2) is 6.62. The molecule has 0 amide bonds. The summed E-state index contributed by atoms with van der Waals surface area (Å²) in [6, 6.07) is 2.05. The molecule has 7 nitrogen and oxygen atoms in total. The lowest BCUT2D eigenvalue weighted by atomic mass is 9.93.